The summed E-state index contributed by atoms with van der Waals surface area (Å²) >= 11 is 0. The van der Waals surface area contributed by atoms with E-state index in [0.717, 1.165) is 6.07 Å². The lowest BCUT2D eigenvalue weighted by molar-refractivity contribution is 0.586. The molecule has 15 heavy (non-hydrogen) atoms. The van der Waals surface area contributed by atoms with Crippen molar-refractivity contribution in [3.05, 3.63) is 29.6 Å². The van der Waals surface area contributed by atoms with Gasteiger partial charge in [-0.25, -0.2) is 12.8 Å². The fraction of sp³-hybridized carbons (Fsp3) is 0.400. The van der Waals surface area contributed by atoms with Gasteiger partial charge in [-0.1, -0.05) is 6.92 Å². The van der Waals surface area contributed by atoms with E-state index in [1.807, 2.05) is 6.92 Å². The highest BCUT2D eigenvalue weighted by molar-refractivity contribution is 7.91. The molecule has 5 heteroatoms. The van der Waals surface area contributed by atoms with Gasteiger partial charge in [-0.2, -0.15) is 0 Å². The molecule has 0 fully saturated rings. The van der Waals surface area contributed by atoms with Gasteiger partial charge < -0.3 is 5.32 Å². The molecule has 0 aliphatic rings. The first-order valence-electron chi connectivity index (χ1n) is 4.67. The lowest BCUT2D eigenvalue weighted by Crippen LogP contribution is -2.23. The minimum absolute atomic E-state index is 0.115. The van der Waals surface area contributed by atoms with Gasteiger partial charge in [0.25, 0.3) is 0 Å². The SMILES string of the molecule is CCNCS(=O)(=O)c1ccc(F)cc1C. The third-order valence-corrected chi connectivity index (χ3v) is 3.73. The average molecular weight is 231 g/mol. The second-order valence-electron chi connectivity index (χ2n) is 3.27. The Morgan fingerprint density at radius 2 is 2.07 bits per heavy atom. The molecule has 0 bridgehead atoms. The van der Waals surface area contributed by atoms with Gasteiger partial charge in [0.05, 0.1) is 4.90 Å². The predicted octanol–water partition coefficient (Wildman–Crippen LogP) is 1.47. The molecule has 84 valence electrons. The Hall–Kier alpha value is -0.940. The molecule has 0 aliphatic heterocycles. The minimum atomic E-state index is -3.35. The molecule has 0 unspecified atom stereocenters. The summed E-state index contributed by atoms with van der Waals surface area (Å²) < 4.78 is 36.3. The standard InChI is InChI=1S/C10H14FNO2S/c1-3-12-7-15(13,14)10-5-4-9(11)6-8(10)2/h4-6,12H,3,7H2,1-2H3. The number of hydrogen-bond acceptors (Lipinski definition) is 3. The fourth-order valence-electron chi connectivity index (χ4n) is 1.28. The summed E-state index contributed by atoms with van der Waals surface area (Å²) in [5, 5.41) is 2.75. The van der Waals surface area contributed by atoms with Gasteiger partial charge in [0.1, 0.15) is 11.7 Å². The molecule has 3 nitrogen and oxygen atoms in total. The second-order valence-corrected chi connectivity index (χ2v) is 5.23. The number of nitrogens with one attached hydrogen (secondary N) is 1. The molecule has 0 radical (unpaired) electrons. The molecule has 1 N–H and O–H groups in total. The van der Waals surface area contributed by atoms with E-state index in [0.29, 0.717) is 12.1 Å². The van der Waals surface area contributed by atoms with Crippen molar-refractivity contribution >= 4 is 9.84 Å². The van der Waals surface area contributed by atoms with Gasteiger partial charge >= 0.3 is 0 Å². The Kier molecular flexibility index (Phi) is 3.82. The molecular formula is C10H14FNO2S. The maximum absolute atomic E-state index is 12.8. The van der Waals surface area contributed by atoms with Crippen molar-refractivity contribution in [2.45, 2.75) is 18.7 Å². The summed E-state index contributed by atoms with van der Waals surface area (Å²) in [6.07, 6.45) is 0. The largest absolute Gasteiger partial charge is 0.304 e. The molecule has 0 aromatic heterocycles. The Morgan fingerprint density at radius 1 is 1.40 bits per heavy atom. The number of halogens is 1. The van der Waals surface area contributed by atoms with Gasteiger partial charge in [-0.05, 0) is 37.2 Å². The van der Waals surface area contributed by atoms with Gasteiger partial charge in [-0.3, -0.25) is 0 Å². The van der Waals surface area contributed by atoms with E-state index in [1.165, 1.54) is 12.1 Å². The average Bonchev–Trinajstić information content (AvgIpc) is 2.14. The molecule has 0 saturated carbocycles. The highest BCUT2D eigenvalue weighted by atomic mass is 32.2. The first-order chi connectivity index (χ1) is 6.97. The zero-order valence-corrected chi connectivity index (χ0v) is 9.57. The summed E-state index contributed by atoms with van der Waals surface area (Å²) in [6, 6.07) is 3.68. The molecule has 0 saturated heterocycles. The quantitative estimate of drug-likeness (QED) is 0.798. The highest BCUT2D eigenvalue weighted by Crippen LogP contribution is 2.16. The van der Waals surface area contributed by atoms with E-state index in [4.69, 9.17) is 0 Å². The number of rotatable bonds is 4. The Morgan fingerprint density at radius 3 is 2.60 bits per heavy atom. The van der Waals surface area contributed by atoms with Crippen molar-refractivity contribution < 1.29 is 12.8 Å². The van der Waals surface area contributed by atoms with E-state index in [9.17, 15) is 12.8 Å². The molecule has 0 heterocycles. The lowest BCUT2D eigenvalue weighted by atomic mass is 10.2. The van der Waals surface area contributed by atoms with Gasteiger partial charge in [-0.15, -0.1) is 0 Å². The van der Waals surface area contributed by atoms with Crippen molar-refractivity contribution in [2.24, 2.45) is 0 Å². The Labute approximate surface area is 89.2 Å². The van der Waals surface area contributed by atoms with E-state index < -0.39 is 15.7 Å². The van der Waals surface area contributed by atoms with Crippen LogP contribution in [0.2, 0.25) is 0 Å². The molecule has 1 aromatic carbocycles. The Balaban J connectivity index is 3.05. The minimum Gasteiger partial charge on any atom is -0.304 e. The maximum Gasteiger partial charge on any atom is 0.191 e. The fourth-order valence-corrected chi connectivity index (χ4v) is 2.73. The van der Waals surface area contributed by atoms with Crippen LogP contribution in [0.3, 0.4) is 0 Å². The van der Waals surface area contributed by atoms with Crippen LogP contribution >= 0.6 is 0 Å². The molecule has 0 spiro atoms. The lowest BCUT2D eigenvalue weighted by Gasteiger charge is -2.07. The summed E-state index contributed by atoms with van der Waals surface area (Å²) in [7, 11) is -3.35. The molecule has 1 aromatic rings. The van der Waals surface area contributed by atoms with Crippen LogP contribution in [0.15, 0.2) is 23.1 Å². The number of hydrogen-bond donors (Lipinski definition) is 1. The zero-order chi connectivity index (χ0) is 11.5. The highest BCUT2D eigenvalue weighted by Gasteiger charge is 2.16. The van der Waals surface area contributed by atoms with E-state index >= 15 is 0 Å². The van der Waals surface area contributed by atoms with Crippen molar-refractivity contribution in [1.82, 2.24) is 5.32 Å². The normalized spacial score (nSPS) is 11.7. The summed E-state index contributed by atoms with van der Waals surface area (Å²) in [6.45, 7) is 3.99. The summed E-state index contributed by atoms with van der Waals surface area (Å²) in [4.78, 5) is 0.185. The van der Waals surface area contributed by atoms with Gasteiger partial charge in [0.15, 0.2) is 9.84 Å². The molecular weight excluding hydrogens is 217 g/mol. The van der Waals surface area contributed by atoms with E-state index in [2.05, 4.69) is 5.32 Å². The van der Waals surface area contributed by atoms with Crippen LogP contribution in [0.5, 0.6) is 0 Å². The number of sulfone groups is 1. The van der Waals surface area contributed by atoms with E-state index in [-0.39, 0.29) is 10.8 Å². The third-order valence-electron chi connectivity index (χ3n) is 2.01. The van der Waals surface area contributed by atoms with Crippen LogP contribution in [-0.2, 0) is 9.84 Å². The molecule has 1 rings (SSSR count). The Bertz CT molecular complexity index is 443. The summed E-state index contributed by atoms with van der Waals surface area (Å²) in [5.41, 5.74) is 0.438. The molecule has 0 atom stereocenters. The van der Waals surface area contributed by atoms with Crippen LogP contribution in [0.25, 0.3) is 0 Å². The van der Waals surface area contributed by atoms with Crippen molar-refractivity contribution in [1.29, 1.82) is 0 Å². The maximum atomic E-state index is 12.8. The number of aryl methyl sites for hydroxylation is 1. The van der Waals surface area contributed by atoms with Crippen molar-refractivity contribution in [3.8, 4) is 0 Å². The first kappa shape index (κ1) is 12.1. The second kappa shape index (κ2) is 4.72. The monoisotopic (exact) mass is 231 g/mol. The van der Waals surface area contributed by atoms with Crippen LogP contribution in [-0.4, -0.2) is 20.8 Å². The van der Waals surface area contributed by atoms with Crippen molar-refractivity contribution in [2.75, 3.05) is 12.4 Å². The van der Waals surface area contributed by atoms with E-state index in [1.54, 1.807) is 6.92 Å². The third kappa shape index (κ3) is 3.00. The number of benzene rings is 1. The van der Waals surface area contributed by atoms with Gasteiger partial charge in [0, 0.05) is 0 Å². The predicted molar refractivity (Wildman–Crippen MR) is 56.9 cm³/mol. The summed E-state index contributed by atoms with van der Waals surface area (Å²) in [5.74, 6) is -0.536. The van der Waals surface area contributed by atoms with Crippen LogP contribution in [0.4, 0.5) is 4.39 Å². The van der Waals surface area contributed by atoms with Gasteiger partial charge in [0.2, 0.25) is 0 Å². The zero-order valence-electron chi connectivity index (χ0n) is 8.75. The van der Waals surface area contributed by atoms with Crippen LogP contribution in [0.1, 0.15) is 12.5 Å². The topological polar surface area (TPSA) is 46.2 Å². The first-order valence-corrected chi connectivity index (χ1v) is 6.32. The molecule has 0 amide bonds. The molecule has 0 aliphatic carbocycles. The van der Waals surface area contributed by atoms with Crippen molar-refractivity contribution in [3.63, 3.8) is 0 Å². The smallest absolute Gasteiger partial charge is 0.191 e. The van der Waals surface area contributed by atoms with Crippen LogP contribution in [0, 0.1) is 12.7 Å². The van der Waals surface area contributed by atoms with Crippen LogP contribution < -0.4 is 5.32 Å².